The van der Waals surface area contributed by atoms with Crippen LogP contribution in [-0.4, -0.2) is 45.5 Å². The van der Waals surface area contributed by atoms with Crippen molar-refractivity contribution in [1.82, 2.24) is 14.7 Å². The van der Waals surface area contributed by atoms with Crippen LogP contribution in [0.15, 0.2) is 6.20 Å². The summed E-state index contributed by atoms with van der Waals surface area (Å²) < 4.78 is 1.91. The molecule has 1 aromatic rings. The van der Waals surface area contributed by atoms with E-state index in [9.17, 15) is 5.11 Å². The van der Waals surface area contributed by atoms with Gasteiger partial charge in [-0.2, -0.15) is 5.10 Å². The Kier molecular flexibility index (Phi) is 3.04. The molecule has 1 aliphatic heterocycles. The molecule has 0 radical (unpaired) electrons. The van der Waals surface area contributed by atoms with Gasteiger partial charge < -0.3 is 10.8 Å². The summed E-state index contributed by atoms with van der Waals surface area (Å²) in [6.07, 6.45) is 2.53. The van der Waals surface area contributed by atoms with Gasteiger partial charge in [0.1, 0.15) is 0 Å². The summed E-state index contributed by atoms with van der Waals surface area (Å²) in [5, 5.41) is 13.7. The van der Waals surface area contributed by atoms with Crippen molar-refractivity contribution in [3.8, 4) is 0 Å². The lowest BCUT2D eigenvalue weighted by molar-refractivity contribution is 0.110. The number of aliphatic hydroxyl groups is 1. The zero-order chi connectivity index (χ0) is 10.8. The Bertz CT molecular complexity index is 336. The van der Waals surface area contributed by atoms with Gasteiger partial charge in [0.05, 0.1) is 18.0 Å². The number of aliphatic hydroxyl groups excluding tert-OH is 1. The fourth-order valence-corrected chi connectivity index (χ4v) is 2.02. The number of aryl methyl sites for hydroxylation is 1. The van der Waals surface area contributed by atoms with E-state index in [4.69, 9.17) is 5.73 Å². The second-order valence-corrected chi connectivity index (χ2v) is 4.11. The molecule has 0 amide bonds. The largest absolute Gasteiger partial charge is 0.390 e. The van der Waals surface area contributed by atoms with Crippen LogP contribution in [0.5, 0.6) is 0 Å². The number of nitrogens with zero attached hydrogens (tertiary/aromatic N) is 3. The van der Waals surface area contributed by atoms with Gasteiger partial charge in [-0.05, 0) is 12.0 Å². The number of rotatable bonds is 3. The highest BCUT2D eigenvalue weighted by molar-refractivity contribution is 5.20. The van der Waals surface area contributed by atoms with E-state index in [-0.39, 0.29) is 0 Å². The van der Waals surface area contributed by atoms with Gasteiger partial charge in [-0.15, -0.1) is 0 Å². The van der Waals surface area contributed by atoms with Crippen molar-refractivity contribution in [3.05, 3.63) is 17.5 Å². The van der Waals surface area contributed by atoms with Crippen LogP contribution in [0.2, 0.25) is 0 Å². The molecule has 0 fully saturated rings. The summed E-state index contributed by atoms with van der Waals surface area (Å²) >= 11 is 0. The molecule has 0 aliphatic carbocycles. The molecule has 1 aromatic heterocycles. The molecule has 0 aromatic carbocycles. The lowest BCUT2D eigenvalue weighted by Crippen LogP contribution is -2.39. The number of hydrogen-bond donors (Lipinski definition) is 2. The Morgan fingerprint density at radius 3 is 3.20 bits per heavy atom. The minimum absolute atomic E-state index is 0.328. The lowest BCUT2D eigenvalue weighted by Gasteiger charge is -2.28. The van der Waals surface area contributed by atoms with Crippen LogP contribution in [-0.2, 0) is 20.0 Å². The summed E-state index contributed by atoms with van der Waals surface area (Å²) in [7, 11) is 1.96. The third kappa shape index (κ3) is 2.19. The number of nitrogens with two attached hydrogens (primary N) is 1. The predicted octanol–water partition coefficient (Wildman–Crippen LogP) is -0.902. The molecule has 15 heavy (non-hydrogen) atoms. The maximum atomic E-state index is 9.49. The minimum atomic E-state index is -0.417. The van der Waals surface area contributed by atoms with Gasteiger partial charge in [0.2, 0.25) is 0 Å². The normalized spacial score (nSPS) is 18.9. The Hall–Kier alpha value is -0.910. The van der Waals surface area contributed by atoms with Crippen molar-refractivity contribution in [3.63, 3.8) is 0 Å². The topological polar surface area (TPSA) is 67.3 Å². The minimum Gasteiger partial charge on any atom is -0.390 e. The molecule has 2 heterocycles. The van der Waals surface area contributed by atoms with Crippen molar-refractivity contribution in [2.45, 2.75) is 19.1 Å². The van der Waals surface area contributed by atoms with Gasteiger partial charge in [0.25, 0.3) is 0 Å². The first-order chi connectivity index (χ1) is 7.20. The molecule has 1 atom stereocenters. The third-order valence-corrected chi connectivity index (χ3v) is 2.96. The molecular weight excluding hydrogens is 192 g/mol. The van der Waals surface area contributed by atoms with Crippen LogP contribution < -0.4 is 5.73 Å². The fourth-order valence-electron chi connectivity index (χ4n) is 2.02. The first kappa shape index (κ1) is 10.6. The first-order valence-electron chi connectivity index (χ1n) is 5.31. The maximum absolute atomic E-state index is 9.49. The van der Waals surface area contributed by atoms with Gasteiger partial charge in [0.15, 0.2) is 0 Å². The van der Waals surface area contributed by atoms with E-state index in [2.05, 4.69) is 10.00 Å². The SMILES string of the molecule is Cn1ncc2c1CN(CC(O)CN)CC2. The molecule has 5 nitrogen and oxygen atoms in total. The second kappa shape index (κ2) is 4.30. The van der Waals surface area contributed by atoms with Gasteiger partial charge in [0, 0.05) is 33.2 Å². The van der Waals surface area contributed by atoms with E-state index in [1.165, 1.54) is 11.3 Å². The summed E-state index contributed by atoms with van der Waals surface area (Å²) in [5.74, 6) is 0. The van der Waals surface area contributed by atoms with Gasteiger partial charge in [-0.25, -0.2) is 0 Å². The van der Waals surface area contributed by atoms with Gasteiger partial charge in [-0.3, -0.25) is 9.58 Å². The first-order valence-corrected chi connectivity index (χ1v) is 5.31. The van der Waals surface area contributed by atoms with Crippen molar-refractivity contribution < 1.29 is 5.11 Å². The van der Waals surface area contributed by atoms with E-state index >= 15 is 0 Å². The highest BCUT2D eigenvalue weighted by Crippen LogP contribution is 2.17. The highest BCUT2D eigenvalue weighted by Gasteiger charge is 2.20. The Balaban J connectivity index is 2.01. The van der Waals surface area contributed by atoms with Crippen LogP contribution in [0, 0.1) is 0 Å². The molecule has 0 spiro atoms. The van der Waals surface area contributed by atoms with Crippen molar-refractivity contribution in [2.75, 3.05) is 19.6 Å². The summed E-state index contributed by atoms with van der Waals surface area (Å²) in [6.45, 7) is 2.83. The van der Waals surface area contributed by atoms with E-state index in [0.717, 1.165) is 19.5 Å². The lowest BCUT2D eigenvalue weighted by atomic mass is 10.1. The van der Waals surface area contributed by atoms with Gasteiger partial charge in [-0.1, -0.05) is 0 Å². The fraction of sp³-hybridized carbons (Fsp3) is 0.700. The van der Waals surface area contributed by atoms with E-state index in [1.807, 2.05) is 17.9 Å². The molecule has 5 heteroatoms. The molecule has 3 N–H and O–H groups in total. The zero-order valence-electron chi connectivity index (χ0n) is 9.06. The van der Waals surface area contributed by atoms with E-state index in [0.29, 0.717) is 13.1 Å². The molecule has 0 bridgehead atoms. The van der Waals surface area contributed by atoms with Gasteiger partial charge >= 0.3 is 0 Å². The highest BCUT2D eigenvalue weighted by atomic mass is 16.3. The summed E-state index contributed by atoms with van der Waals surface area (Å²) in [6, 6.07) is 0. The monoisotopic (exact) mass is 210 g/mol. The number of hydrogen-bond acceptors (Lipinski definition) is 4. The van der Waals surface area contributed by atoms with E-state index < -0.39 is 6.10 Å². The molecular formula is C10H18N4O. The Labute approximate surface area is 89.5 Å². The van der Waals surface area contributed by atoms with Crippen LogP contribution >= 0.6 is 0 Å². The molecule has 2 rings (SSSR count). The molecule has 1 unspecified atom stereocenters. The summed E-state index contributed by atoms with van der Waals surface area (Å²) in [5.41, 5.74) is 7.98. The zero-order valence-corrected chi connectivity index (χ0v) is 9.06. The van der Waals surface area contributed by atoms with Crippen molar-refractivity contribution in [1.29, 1.82) is 0 Å². The predicted molar refractivity (Wildman–Crippen MR) is 57.3 cm³/mol. The average molecular weight is 210 g/mol. The third-order valence-electron chi connectivity index (χ3n) is 2.96. The smallest absolute Gasteiger partial charge is 0.0789 e. The second-order valence-electron chi connectivity index (χ2n) is 4.11. The van der Waals surface area contributed by atoms with Crippen LogP contribution in [0.4, 0.5) is 0 Å². The maximum Gasteiger partial charge on any atom is 0.0789 e. The molecule has 1 aliphatic rings. The number of β-amino-alcohol motifs (C(OH)–C–C–N with tert-alkyl or cyclic N) is 1. The van der Waals surface area contributed by atoms with Crippen LogP contribution in [0.1, 0.15) is 11.3 Å². The van der Waals surface area contributed by atoms with Crippen LogP contribution in [0.25, 0.3) is 0 Å². The standard InChI is InChI=1S/C10H18N4O/c1-13-10-7-14(6-9(15)4-11)3-2-8(10)5-12-13/h5,9,15H,2-4,6-7,11H2,1H3. The quantitative estimate of drug-likeness (QED) is 0.678. The number of fused-ring (bicyclic) bond motifs is 1. The van der Waals surface area contributed by atoms with Crippen molar-refractivity contribution >= 4 is 0 Å². The van der Waals surface area contributed by atoms with Crippen molar-refractivity contribution in [2.24, 2.45) is 12.8 Å². The Morgan fingerprint density at radius 2 is 2.47 bits per heavy atom. The Morgan fingerprint density at radius 1 is 1.67 bits per heavy atom. The summed E-state index contributed by atoms with van der Waals surface area (Å²) in [4.78, 5) is 2.22. The molecule has 0 saturated heterocycles. The van der Waals surface area contributed by atoms with Crippen LogP contribution in [0.3, 0.4) is 0 Å². The van der Waals surface area contributed by atoms with E-state index in [1.54, 1.807) is 0 Å². The molecule has 84 valence electrons. The number of aromatic nitrogens is 2. The average Bonchev–Trinajstić information content (AvgIpc) is 2.60. The molecule has 0 saturated carbocycles.